The molecule has 3 rings (SSSR count). The van der Waals surface area contributed by atoms with Crippen LogP contribution in [0.1, 0.15) is 5.01 Å². The van der Waals surface area contributed by atoms with Gasteiger partial charge in [-0.25, -0.2) is 9.67 Å². The van der Waals surface area contributed by atoms with Crippen LogP contribution in [0.25, 0.3) is 17.1 Å². The van der Waals surface area contributed by atoms with Crippen molar-refractivity contribution < 1.29 is 0 Å². The Labute approximate surface area is 109 Å². The maximum absolute atomic E-state index is 5.99. The van der Waals surface area contributed by atoms with Gasteiger partial charge in [0.1, 0.15) is 17.2 Å². The van der Waals surface area contributed by atoms with Crippen LogP contribution in [0, 0.1) is 6.92 Å². The molecule has 0 radical (unpaired) electrons. The van der Waals surface area contributed by atoms with Gasteiger partial charge in [-0.05, 0) is 19.1 Å². The van der Waals surface area contributed by atoms with E-state index < -0.39 is 0 Å². The summed E-state index contributed by atoms with van der Waals surface area (Å²) in [6.07, 6.45) is 0. The Morgan fingerprint density at radius 3 is 2.61 bits per heavy atom. The average molecular weight is 256 g/mol. The highest BCUT2D eigenvalue weighted by atomic mass is 32.1. The molecule has 18 heavy (non-hydrogen) atoms. The summed E-state index contributed by atoms with van der Waals surface area (Å²) < 4.78 is 1.73. The van der Waals surface area contributed by atoms with Crippen molar-refractivity contribution in [2.24, 2.45) is 0 Å². The summed E-state index contributed by atoms with van der Waals surface area (Å²) in [5.74, 6) is 0.613. The zero-order chi connectivity index (χ0) is 12.5. The second kappa shape index (κ2) is 4.27. The number of nitrogen functional groups attached to an aromatic ring is 1. The van der Waals surface area contributed by atoms with Crippen molar-refractivity contribution in [1.29, 1.82) is 0 Å². The highest BCUT2D eigenvalue weighted by molar-refractivity contribution is 7.09. The van der Waals surface area contributed by atoms with Crippen molar-refractivity contribution >= 4 is 17.2 Å². The fraction of sp³-hybridized carbons (Fsp3) is 0.0769. The molecule has 2 N–H and O–H groups in total. The number of thiazole rings is 1. The first-order valence-corrected chi connectivity index (χ1v) is 6.45. The van der Waals surface area contributed by atoms with Crippen molar-refractivity contribution in [1.82, 2.24) is 14.8 Å². The maximum Gasteiger partial charge on any atom is 0.127 e. The minimum Gasteiger partial charge on any atom is -0.384 e. The van der Waals surface area contributed by atoms with Gasteiger partial charge in [-0.15, -0.1) is 11.3 Å². The number of hydrogen-bond donors (Lipinski definition) is 1. The van der Waals surface area contributed by atoms with Crippen LogP contribution in [-0.2, 0) is 0 Å². The number of hydrogen-bond acceptors (Lipinski definition) is 4. The third-order valence-corrected chi connectivity index (χ3v) is 3.39. The predicted octanol–water partition coefficient (Wildman–Crippen LogP) is 2.89. The second-order valence-electron chi connectivity index (χ2n) is 3.95. The molecule has 4 nitrogen and oxygen atoms in total. The SMILES string of the molecule is Cc1nc(-c2cc(N)n(-c3ccccc3)n2)cs1. The lowest BCUT2D eigenvalue weighted by atomic mass is 10.3. The molecule has 2 aromatic heterocycles. The molecule has 5 heteroatoms. The number of nitrogens with two attached hydrogens (primary N) is 1. The Balaban J connectivity index is 2.06. The van der Waals surface area contributed by atoms with Gasteiger partial charge in [-0.3, -0.25) is 0 Å². The molecule has 0 amide bonds. The highest BCUT2D eigenvalue weighted by Gasteiger charge is 2.10. The third-order valence-electron chi connectivity index (χ3n) is 2.62. The van der Waals surface area contributed by atoms with Crippen molar-refractivity contribution in [3.8, 4) is 17.1 Å². The molecule has 0 fully saturated rings. The van der Waals surface area contributed by atoms with E-state index in [1.165, 1.54) is 0 Å². The van der Waals surface area contributed by atoms with Crippen molar-refractivity contribution in [2.45, 2.75) is 6.92 Å². The quantitative estimate of drug-likeness (QED) is 0.767. The molecule has 0 bridgehead atoms. The number of benzene rings is 1. The Bertz CT molecular complexity index is 669. The molecule has 2 heterocycles. The van der Waals surface area contributed by atoms with E-state index in [0.29, 0.717) is 5.82 Å². The van der Waals surface area contributed by atoms with E-state index in [1.807, 2.05) is 48.7 Å². The lowest BCUT2D eigenvalue weighted by Crippen LogP contribution is -2.01. The minimum absolute atomic E-state index is 0.613. The van der Waals surface area contributed by atoms with Crippen LogP contribution < -0.4 is 5.73 Å². The van der Waals surface area contributed by atoms with Gasteiger partial charge in [0.25, 0.3) is 0 Å². The number of rotatable bonds is 2. The third kappa shape index (κ3) is 1.89. The molecule has 0 saturated carbocycles. The van der Waals surface area contributed by atoms with E-state index >= 15 is 0 Å². The number of aromatic nitrogens is 3. The van der Waals surface area contributed by atoms with Gasteiger partial charge in [-0.2, -0.15) is 5.10 Å². The molecule has 0 spiro atoms. The monoisotopic (exact) mass is 256 g/mol. The second-order valence-corrected chi connectivity index (χ2v) is 5.02. The van der Waals surface area contributed by atoms with Gasteiger partial charge < -0.3 is 5.73 Å². The summed E-state index contributed by atoms with van der Waals surface area (Å²) >= 11 is 1.61. The largest absolute Gasteiger partial charge is 0.384 e. The number of para-hydroxylation sites is 1. The summed E-state index contributed by atoms with van der Waals surface area (Å²) in [5, 5.41) is 7.52. The molecule has 90 valence electrons. The molecule has 0 unspecified atom stereocenters. The Hall–Kier alpha value is -2.14. The Kier molecular flexibility index (Phi) is 2.60. The zero-order valence-corrected chi connectivity index (χ0v) is 10.7. The standard InChI is InChI=1S/C13H12N4S/c1-9-15-12(8-18-9)11-7-13(14)17(16-11)10-5-3-2-4-6-10/h2-8H,14H2,1H3. The van der Waals surface area contributed by atoms with Crippen LogP contribution in [-0.4, -0.2) is 14.8 Å². The van der Waals surface area contributed by atoms with E-state index in [-0.39, 0.29) is 0 Å². The van der Waals surface area contributed by atoms with Gasteiger partial charge in [0, 0.05) is 11.4 Å². The molecular weight excluding hydrogens is 244 g/mol. The van der Waals surface area contributed by atoms with E-state index in [9.17, 15) is 0 Å². The lowest BCUT2D eigenvalue weighted by molar-refractivity contribution is 0.893. The molecule has 0 saturated heterocycles. The first-order chi connectivity index (χ1) is 8.74. The van der Waals surface area contributed by atoms with Gasteiger partial charge in [0.15, 0.2) is 0 Å². The fourth-order valence-corrected chi connectivity index (χ4v) is 2.38. The molecule has 0 aliphatic heterocycles. The van der Waals surface area contributed by atoms with Crippen LogP contribution >= 0.6 is 11.3 Å². The van der Waals surface area contributed by atoms with Crippen LogP contribution in [0.2, 0.25) is 0 Å². The average Bonchev–Trinajstić information content (AvgIpc) is 2.97. The van der Waals surface area contributed by atoms with Gasteiger partial charge in [0.2, 0.25) is 0 Å². The van der Waals surface area contributed by atoms with Crippen LogP contribution in [0.5, 0.6) is 0 Å². The van der Waals surface area contributed by atoms with Crippen molar-refractivity contribution in [2.75, 3.05) is 5.73 Å². The van der Waals surface area contributed by atoms with Gasteiger partial charge in [0.05, 0.1) is 10.7 Å². The number of anilines is 1. The van der Waals surface area contributed by atoms with Gasteiger partial charge >= 0.3 is 0 Å². The summed E-state index contributed by atoms with van der Waals surface area (Å²) in [6.45, 7) is 1.98. The minimum atomic E-state index is 0.613. The zero-order valence-electron chi connectivity index (χ0n) is 9.87. The normalized spacial score (nSPS) is 10.7. The summed E-state index contributed by atoms with van der Waals surface area (Å²) in [5.41, 5.74) is 8.63. The van der Waals surface area contributed by atoms with Crippen LogP contribution in [0.3, 0.4) is 0 Å². The number of aryl methyl sites for hydroxylation is 1. The van der Waals surface area contributed by atoms with E-state index in [2.05, 4.69) is 10.1 Å². The molecule has 0 aliphatic rings. The highest BCUT2D eigenvalue weighted by Crippen LogP contribution is 2.24. The fourth-order valence-electron chi connectivity index (χ4n) is 1.78. The first-order valence-electron chi connectivity index (χ1n) is 5.57. The smallest absolute Gasteiger partial charge is 0.127 e. The van der Waals surface area contributed by atoms with Crippen LogP contribution in [0.4, 0.5) is 5.82 Å². The van der Waals surface area contributed by atoms with Crippen LogP contribution in [0.15, 0.2) is 41.8 Å². The summed E-state index contributed by atoms with van der Waals surface area (Å²) in [4.78, 5) is 4.42. The molecule has 3 aromatic rings. The molecule has 0 atom stereocenters. The Morgan fingerprint density at radius 1 is 1.17 bits per heavy atom. The molecular formula is C13H12N4S. The predicted molar refractivity (Wildman–Crippen MR) is 73.8 cm³/mol. The maximum atomic E-state index is 5.99. The first kappa shape index (κ1) is 11.0. The molecule has 0 aliphatic carbocycles. The van der Waals surface area contributed by atoms with E-state index in [4.69, 9.17) is 5.73 Å². The van der Waals surface area contributed by atoms with E-state index in [0.717, 1.165) is 22.1 Å². The van der Waals surface area contributed by atoms with Gasteiger partial charge in [-0.1, -0.05) is 18.2 Å². The molecule has 1 aromatic carbocycles. The Morgan fingerprint density at radius 2 is 1.94 bits per heavy atom. The summed E-state index contributed by atoms with van der Waals surface area (Å²) in [7, 11) is 0. The lowest BCUT2D eigenvalue weighted by Gasteiger charge is -2.02. The number of nitrogens with zero attached hydrogens (tertiary/aromatic N) is 3. The van der Waals surface area contributed by atoms with E-state index in [1.54, 1.807) is 16.0 Å². The van der Waals surface area contributed by atoms with Crippen molar-refractivity contribution in [3.63, 3.8) is 0 Å². The summed E-state index contributed by atoms with van der Waals surface area (Å²) in [6, 6.07) is 11.7. The van der Waals surface area contributed by atoms with Crippen molar-refractivity contribution in [3.05, 3.63) is 46.8 Å². The topological polar surface area (TPSA) is 56.7 Å².